The minimum absolute atomic E-state index is 0.212. The van der Waals surface area contributed by atoms with Crippen molar-refractivity contribution in [2.24, 2.45) is 5.16 Å². The van der Waals surface area contributed by atoms with E-state index in [4.69, 9.17) is 4.84 Å². The monoisotopic (exact) mass is 373 g/mol. The van der Waals surface area contributed by atoms with E-state index in [-0.39, 0.29) is 12.2 Å². The lowest BCUT2D eigenvalue weighted by atomic mass is 10.0. The molecular weight excluding hydrogens is 356 g/mol. The Morgan fingerprint density at radius 3 is 2.30 bits per heavy atom. The smallest absolute Gasteiger partial charge is 0.264 e. The Kier molecular flexibility index (Phi) is 5.44. The molecule has 0 fully saturated rings. The average Bonchev–Trinajstić information content (AvgIpc) is 3.14. The minimum Gasteiger partial charge on any atom is -0.382 e. The molecule has 0 saturated heterocycles. The van der Waals surface area contributed by atoms with E-state index < -0.39 is 29.8 Å². The molecule has 27 heavy (non-hydrogen) atoms. The van der Waals surface area contributed by atoms with E-state index in [0.29, 0.717) is 17.0 Å². The zero-order valence-corrected chi connectivity index (χ0v) is 14.4. The Bertz CT molecular complexity index is 867. The SMILES string of the molecule is CC(NC(=O)C1CC(c2ccc(F)cc2)=NO1)C(=O)Nc1ccc(F)cc1. The lowest BCUT2D eigenvalue weighted by Gasteiger charge is -2.16. The number of benzene rings is 2. The van der Waals surface area contributed by atoms with Crippen LogP contribution in [0.3, 0.4) is 0 Å². The number of oxime groups is 1. The molecule has 2 aromatic rings. The maximum atomic E-state index is 13.0. The van der Waals surface area contributed by atoms with Crippen LogP contribution in [0.5, 0.6) is 0 Å². The van der Waals surface area contributed by atoms with Crippen molar-refractivity contribution in [2.45, 2.75) is 25.5 Å². The molecule has 1 aliphatic rings. The van der Waals surface area contributed by atoms with E-state index in [9.17, 15) is 18.4 Å². The van der Waals surface area contributed by atoms with Crippen LogP contribution in [0.2, 0.25) is 0 Å². The molecule has 0 aliphatic carbocycles. The van der Waals surface area contributed by atoms with Crippen LogP contribution in [0.4, 0.5) is 14.5 Å². The number of carbonyl (C=O) groups is 2. The summed E-state index contributed by atoms with van der Waals surface area (Å²) in [6.07, 6.45) is -0.657. The van der Waals surface area contributed by atoms with Crippen molar-refractivity contribution in [1.82, 2.24) is 5.32 Å². The van der Waals surface area contributed by atoms with Gasteiger partial charge < -0.3 is 15.5 Å². The van der Waals surface area contributed by atoms with Crippen LogP contribution in [-0.4, -0.2) is 29.7 Å². The van der Waals surface area contributed by atoms with Gasteiger partial charge in [-0.1, -0.05) is 17.3 Å². The number of nitrogens with zero attached hydrogens (tertiary/aromatic N) is 1. The van der Waals surface area contributed by atoms with E-state index in [0.717, 1.165) is 0 Å². The standard InChI is InChI=1S/C19H17F2N3O3/c1-11(18(25)23-15-8-6-14(21)7-9-15)22-19(26)17-10-16(24-27-17)12-2-4-13(20)5-3-12/h2-9,11,17H,10H2,1H3,(H,22,26)(H,23,25). The Morgan fingerprint density at radius 2 is 1.67 bits per heavy atom. The normalized spacial score (nSPS) is 16.9. The third kappa shape index (κ3) is 4.66. The number of carbonyl (C=O) groups excluding carboxylic acids is 2. The van der Waals surface area contributed by atoms with Gasteiger partial charge in [0.25, 0.3) is 5.91 Å². The van der Waals surface area contributed by atoms with Crippen molar-refractivity contribution in [3.05, 3.63) is 65.7 Å². The summed E-state index contributed by atoms with van der Waals surface area (Å²) in [5.74, 6) is -1.72. The number of rotatable bonds is 5. The minimum atomic E-state index is -0.869. The second kappa shape index (κ2) is 7.94. The first-order valence-corrected chi connectivity index (χ1v) is 8.28. The second-order valence-electron chi connectivity index (χ2n) is 6.07. The van der Waals surface area contributed by atoms with Crippen molar-refractivity contribution in [3.8, 4) is 0 Å². The van der Waals surface area contributed by atoms with Crippen molar-refractivity contribution in [2.75, 3.05) is 5.32 Å². The van der Waals surface area contributed by atoms with Crippen molar-refractivity contribution >= 4 is 23.2 Å². The molecule has 2 amide bonds. The van der Waals surface area contributed by atoms with Gasteiger partial charge in [-0.15, -0.1) is 0 Å². The summed E-state index contributed by atoms with van der Waals surface area (Å²) in [6, 6.07) is 10.2. The highest BCUT2D eigenvalue weighted by molar-refractivity contribution is 6.04. The molecule has 0 spiro atoms. The summed E-state index contributed by atoms with van der Waals surface area (Å²) < 4.78 is 25.9. The Balaban J connectivity index is 1.52. The van der Waals surface area contributed by atoms with Gasteiger partial charge in [-0.05, 0) is 48.9 Å². The van der Waals surface area contributed by atoms with Crippen molar-refractivity contribution < 1.29 is 23.2 Å². The average molecular weight is 373 g/mol. The van der Waals surface area contributed by atoms with Gasteiger partial charge in [0.1, 0.15) is 17.7 Å². The summed E-state index contributed by atoms with van der Waals surface area (Å²) in [6.45, 7) is 1.52. The van der Waals surface area contributed by atoms with E-state index in [1.54, 1.807) is 12.1 Å². The van der Waals surface area contributed by atoms with Crippen molar-refractivity contribution in [3.63, 3.8) is 0 Å². The molecule has 6 nitrogen and oxygen atoms in total. The fraction of sp³-hybridized carbons (Fsp3) is 0.211. The number of amides is 2. The predicted octanol–water partition coefficient (Wildman–Crippen LogP) is 2.60. The number of anilines is 1. The van der Waals surface area contributed by atoms with Gasteiger partial charge >= 0.3 is 0 Å². The molecule has 140 valence electrons. The van der Waals surface area contributed by atoms with Gasteiger partial charge in [-0.25, -0.2) is 8.78 Å². The molecule has 8 heteroatoms. The third-order valence-electron chi connectivity index (χ3n) is 4.00. The summed E-state index contributed by atoms with van der Waals surface area (Å²) in [4.78, 5) is 29.6. The van der Waals surface area contributed by atoms with Gasteiger partial charge in [0, 0.05) is 12.1 Å². The molecule has 2 aromatic carbocycles. The summed E-state index contributed by atoms with van der Waals surface area (Å²) in [5, 5.41) is 8.99. The molecule has 2 N–H and O–H groups in total. The fourth-order valence-corrected chi connectivity index (χ4v) is 2.49. The molecule has 3 rings (SSSR count). The van der Waals surface area contributed by atoms with E-state index in [1.807, 2.05) is 0 Å². The van der Waals surface area contributed by atoms with Crippen LogP contribution >= 0.6 is 0 Å². The Morgan fingerprint density at radius 1 is 1.07 bits per heavy atom. The first kappa shape index (κ1) is 18.5. The maximum absolute atomic E-state index is 13.0. The van der Waals surface area contributed by atoms with Crippen LogP contribution < -0.4 is 10.6 Å². The summed E-state index contributed by atoms with van der Waals surface area (Å²) in [7, 11) is 0. The first-order valence-electron chi connectivity index (χ1n) is 8.28. The van der Waals surface area contributed by atoms with E-state index >= 15 is 0 Å². The molecule has 2 unspecified atom stereocenters. The molecule has 1 aliphatic heterocycles. The molecule has 0 saturated carbocycles. The van der Waals surface area contributed by atoms with Crippen LogP contribution in [0.1, 0.15) is 18.9 Å². The molecule has 0 aromatic heterocycles. The molecule has 2 atom stereocenters. The Labute approximate surface area is 154 Å². The van der Waals surface area contributed by atoms with Crippen LogP contribution in [0.25, 0.3) is 0 Å². The van der Waals surface area contributed by atoms with Gasteiger partial charge in [-0.2, -0.15) is 0 Å². The highest BCUT2D eigenvalue weighted by Gasteiger charge is 2.30. The summed E-state index contributed by atoms with van der Waals surface area (Å²) in [5.41, 5.74) is 1.61. The molecule has 0 bridgehead atoms. The third-order valence-corrected chi connectivity index (χ3v) is 4.00. The molecule has 0 radical (unpaired) electrons. The predicted molar refractivity (Wildman–Crippen MR) is 95.1 cm³/mol. The van der Waals surface area contributed by atoms with Gasteiger partial charge in [-0.3, -0.25) is 9.59 Å². The number of nitrogens with one attached hydrogen (secondary N) is 2. The first-order chi connectivity index (χ1) is 12.9. The highest BCUT2D eigenvalue weighted by atomic mass is 19.1. The van der Waals surface area contributed by atoms with Crippen LogP contribution in [0.15, 0.2) is 53.7 Å². The molecular formula is C19H17F2N3O3. The maximum Gasteiger partial charge on any atom is 0.264 e. The molecule has 1 heterocycles. The van der Waals surface area contributed by atoms with E-state index in [2.05, 4.69) is 15.8 Å². The van der Waals surface area contributed by atoms with Crippen LogP contribution in [0, 0.1) is 11.6 Å². The highest BCUT2D eigenvalue weighted by Crippen LogP contribution is 2.17. The number of hydrogen-bond donors (Lipinski definition) is 2. The van der Waals surface area contributed by atoms with Crippen molar-refractivity contribution in [1.29, 1.82) is 0 Å². The van der Waals surface area contributed by atoms with Gasteiger partial charge in [0.15, 0.2) is 0 Å². The zero-order valence-electron chi connectivity index (χ0n) is 14.4. The number of halogens is 2. The van der Waals surface area contributed by atoms with Crippen LogP contribution in [-0.2, 0) is 14.4 Å². The van der Waals surface area contributed by atoms with Gasteiger partial charge in [0.2, 0.25) is 12.0 Å². The lowest BCUT2D eigenvalue weighted by molar-refractivity contribution is -0.134. The van der Waals surface area contributed by atoms with Gasteiger partial charge in [0.05, 0.1) is 5.71 Å². The summed E-state index contributed by atoms with van der Waals surface area (Å²) >= 11 is 0. The quantitative estimate of drug-likeness (QED) is 0.846. The Hall–Kier alpha value is -3.29. The second-order valence-corrected chi connectivity index (χ2v) is 6.07. The fourth-order valence-electron chi connectivity index (χ4n) is 2.49. The topological polar surface area (TPSA) is 79.8 Å². The zero-order chi connectivity index (χ0) is 19.4. The van der Waals surface area contributed by atoms with E-state index in [1.165, 1.54) is 43.3 Å². The lowest BCUT2D eigenvalue weighted by Crippen LogP contribution is -2.46. The number of hydrogen-bond acceptors (Lipinski definition) is 4. The largest absolute Gasteiger partial charge is 0.382 e.